The van der Waals surface area contributed by atoms with E-state index in [9.17, 15) is 4.79 Å². The van der Waals surface area contributed by atoms with Crippen LogP contribution in [0.3, 0.4) is 0 Å². The van der Waals surface area contributed by atoms with Crippen molar-refractivity contribution < 1.29 is 4.79 Å². The lowest BCUT2D eigenvalue weighted by molar-refractivity contribution is -0.140. The van der Waals surface area contributed by atoms with Gasteiger partial charge in [-0.1, -0.05) is 32.1 Å². The highest BCUT2D eigenvalue weighted by molar-refractivity contribution is 5.79. The van der Waals surface area contributed by atoms with Crippen LogP contribution in [0, 0.1) is 17.8 Å². The van der Waals surface area contributed by atoms with Crippen molar-refractivity contribution in [2.24, 2.45) is 23.5 Å². The average Bonchev–Trinajstić information content (AvgIpc) is 2.46. The summed E-state index contributed by atoms with van der Waals surface area (Å²) in [6.07, 6.45) is 11.2. The second-order valence-electron chi connectivity index (χ2n) is 6.93. The van der Waals surface area contributed by atoms with Crippen LogP contribution in [0.4, 0.5) is 0 Å². The predicted octanol–water partition coefficient (Wildman–Crippen LogP) is 2.54. The number of hydrogen-bond donors (Lipinski definition) is 1. The zero-order chi connectivity index (χ0) is 13.2. The minimum atomic E-state index is 0.116. The minimum absolute atomic E-state index is 0.116. The summed E-state index contributed by atoms with van der Waals surface area (Å²) in [6.45, 7) is 2.01. The van der Waals surface area contributed by atoms with Crippen LogP contribution in [0.15, 0.2) is 0 Å². The van der Waals surface area contributed by atoms with E-state index in [1.54, 1.807) is 0 Å². The van der Waals surface area contributed by atoms with Crippen molar-refractivity contribution in [3.05, 3.63) is 0 Å². The van der Waals surface area contributed by atoms with Gasteiger partial charge in [0.15, 0.2) is 0 Å². The van der Waals surface area contributed by atoms with Crippen molar-refractivity contribution in [3.8, 4) is 0 Å². The molecule has 2 aliphatic carbocycles. The van der Waals surface area contributed by atoms with Gasteiger partial charge in [0.1, 0.15) is 0 Å². The fourth-order valence-corrected chi connectivity index (χ4v) is 4.50. The van der Waals surface area contributed by atoms with E-state index in [4.69, 9.17) is 5.73 Å². The maximum absolute atomic E-state index is 12.7. The Hall–Kier alpha value is -0.570. The molecule has 3 aliphatic rings. The van der Waals surface area contributed by atoms with E-state index in [-0.39, 0.29) is 12.0 Å². The van der Waals surface area contributed by atoms with Gasteiger partial charge in [0.05, 0.1) is 5.92 Å². The smallest absolute Gasteiger partial charge is 0.227 e. The Balaban J connectivity index is 1.60. The van der Waals surface area contributed by atoms with Crippen LogP contribution in [-0.4, -0.2) is 29.9 Å². The zero-order valence-electron chi connectivity index (χ0n) is 12.0. The number of nitrogens with zero attached hydrogens (tertiary/aromatic N) is 1. The highest BCUT2D eigenvalue weighted by atomic mass is 16.2. The molecule has 1 heterocycles. The molecular weight excluding hydrogens is 236 g/mol. The average molecular weight is 264 g/mol. The van der Waals surface area contributed by atoms with Gasteiger partial charge in [-0.15, -0.1) is 0 Å². The lowest BCUT2D eigenvalue weighted by atomic mass is 9.74. The number of fused-ring (bicyclic) bond motifs is 1. The van der Waals surface area contributed by atoms with Gasteiger partial charge in [-0.3, -0.25) is 4.79 Å². The molecule has 1 aliphatic heterocycles. The van der Waals surface area contributed by atoms with E-state index in [0.29, 0.717) is 5.91 Å². The molecule has 3 fully saturated rings. The van der Waals surface area contributed by atoms with Gasteiger partial charge in [-0.2, -0.15) is 0 Å². The summed E-state index contributed by atoms with van der Waals surface area (Å²) >= 11 is 0. The maximum Gasteiger partial charge on any atom is 0.227 e. The molecule has 3 rings (SSSR count). The fourth-order valence-electron chi connectivity index (χ4n) is 4.50. The van der Waals surface area contributed by atoms with Gasteiger partial charge in [-0.05, 0) is 37.5 Å². The first-order chi connectivity index (χ1) is 9.25. The van der Waals surface area contributed by atoms with Gasteiger partial charge >= 0.3 is 0 Å². The molecule has 0 aromatic heterocycles. The third kappa shape index (κ3) is 2.81. The number of rotatable bonds is 1. The highest BCUT2D eigenvalue weighted by Gasteiger charge is 2.37. The lowest BCUT2D eigenvalue weighted by Crippen LogP contribution is -2.50. The van der Waals surface area contributed by atoms with Crippen LogP contribution in [0.1, 0.15) is 57.8 Å². The molecule has 0 aromatic rings. The summed E-state index contributed by atoms with van der Waals surface area (Å²) in [5, 5.41) is 0. The van der Waals surface area contributed by atoms with Crippen LogP contribution in [0.2, 0.25) is 0 Å². The molecule has 1 saturated heterocycles. The summed E-state index contributed by atoms with van der Waals surface area (Å²) in [4.78, 5) is 14.8. The summed E-state index contributed by atoms with van der Waals surface area (Å²) in [7, 11) is 0. The van der Waals surface area contributed by atoms with Crippen LogP contribution in [0.25, 0.3) is 0 Å². The molecule has 4 atom stereocenters. The second-order valence-corrected chi connectivity index (χ2v) is 6.93. The molecule has 19 heavy (non-hydrogen) atoms. The van der Waals surface area contributed by atoms with Gasteiger partial charge in [-0.25, -0.2) is 0 Å². The predicted molar refractivity (Wildman–Crippen MR) is 76.6 cm³/mol. The SMILES string of the molecule is NC1CCCCC1C(=O)N1CCC2CCCCC2C1. The fraction of sp³-hybridized carbons (Fsp3) is 0.938. The standard InChI is InChI=1S/C16H28N2O/c17-15-8-4-3-7-14(15)16(19)18-10-9-12-5-1-2-6-13(12)11-18/h12-15H,1-11,17H2. The number of piperidine rings is 1. The van der Waals surface area contributed by atoms with Crippen molar-refractivity contribution in [2.45, 2.75) is 63.8 Å². The number of likely N-dealkylation sites (tertiary alicyclic amines) is 1. The van der Waals surface area contributed by atoms with E-state index < -0.39 is 0 Å². The van der Waals surface area contributed by atoms with E-state index in [1.165, 1.54) is 44.9 Å². The van der Waals surface area contributed by atoms with Gasteiger partial charge < -0.3 is 10.6 Å². The quantitative estimate of drug-likeness (QED) is 0.791. The van der Waals surface area contributed by atoms with E-state index >= 15 is 0 Å². The Morgan fingerprint density at radius 2 is 1.58 bits per heavy atom. The molecule has 0 aromatic carbocycles. The Morgan fingerprint density at radius 3 is 2.37 bits per heavy atom. The molecule has 3 nitrogen and oxygen atoms in total. The number of carbonyl (C=O) groups excluding carboxylic acids is 1. The summed E-state index contributed by atoms with van der Waals surface area (Å²) in [5.74, 6) is 2.18. The first-order valence-electron chi connectivity index (χ1n) is 8.30. The Kier molecular flexibility index (Phi) is 4.11. The third-order valence-corrected chi connectivity index (χ3v) is 5.74. The molecule has 1 amide bonds. The number of amides is 1. The lowest BCUT2D eigenvalue weighted by Gasteiger charge is -2.43. The Morgan fingerprint density at radius 1 is 0.895 bits per heavy atom. The van der Waals surface area contributed by atoms with Crippen molar-refractivity contribution in [2.75, 3.05) is 13.1 Å². The van der Waals surface area contributed by atoms with Crippen molar-refractivity contribution >= 4 is 5.91 Å². The summed E-state index contributed by atoms with van der Waals surface area (Å²) < 4.78 is 0. The summed E-state index contributed by atoms with van der Waals surface area (Å²) in [5.41, 5.74) is 6.17. The van der Waals surface area contributed by atoms with Crippen molar-refractivity contribution in [3.63, 3.8) is 0 Å². The van der Waals surface area contributed by atoms with Gasteiger partial charge in [0.25, 0.3) is 0 Å². The first-order valence-corrected chi connectivity index (χ1v) is 8.30. The third-order valence-electron chi connectivity index (χ3n) is 5.74. The second kappa shape index (κ2) is 5.82. The monoisotopic (exact) mass is 264 g/mol. The Bertz CT molecular complexity index is 331. The van der Waals surface area contributed by atoms with E-state index in [2.05, 4.69) is 4.90 Å². The molecule has 0 bridgehead atoms. The molecule has 0 spiro atoms. The normalized spacial score (nSPS) is 39.7. The van der Waals surface area contributed by atoms with E-state index in [0.717, 1.165) is 37.8 Å². The molecule has 3 heteroatoms. The molecule has 4 unspecified atom stereocenters. The number of nitrogens with two attached hydrogens (primary N) is 1. The molecule has 2 N–H and O–H groups in total. The van der Waals surface area contributed by atoms with E-state index in [1.807, 2.05) is 0 Å². The van der Waals surface area contributed by atoms with Crippen LogP contribution in [-0.2, 0) is 4.79 Å². The summed E-state index contributed by atoms with van der Waals surface area (Å²) in [6, 6.07) is 0.116. The van der Waals surface area contributed by atoms with Crippen LogP contribution < -0.4 is 5.73 Å². The first kappa shape index (κ1) is 13.4. The number of hydrogen-bond acceptors (Lipinski definition) is 2. The van der Waals surface area contributed by atoms with Crippen LogP contribution in [0.5, 0.6) is 0 Å². The Labute approximate surface area is 116 Å². The highest BCUT2D eigenvalue weighted by Crippen LogP contribution is 2.37. The topological polar surface area (TPSA) is 46.3 Å². The van der Waals surface area contributed by atoms with Gasteiger partial charge in [0.2, 0.25) is 5.91 Å². The molecule has 2 saturated carbocycles. The zero-order valence-corrected chi connectivity index (χ0v) is 12.0. The van der Waals surface area contributed by atoms with Gasteiger partial charge in [0, 0.05) is 19.1 Å². The van der Waals surface area contributed by atoms with Crippen LogP contribution >= 0.6 is 0 Å². The van der Waals surface area contributed by atoms with Crippen molar-refractivity contribution in [1.29, 1.82) is 0 Å². The minimum Gasteiger partial charge on any atom is -0.342 e. The number of carbonyl (C=O) groups is 1. The maximum atomic E-state index is 12.7. The molecular formula is C16H28N2O. The van der Waals surface area contributed by atoms with Crippen molar-refractivity contribution in [1.82, 2.24) is 4.90 Å². The molecule has 108 valence electrons. The largest absolute Gasteiger partial charge is 0.342 e. The molecule has 0 radical (unpaired) electrons.